The number of aromatic hydroxyl groups is 2. The SMILES string of the molecule is CCCc1n[nH]c(=S)n1/N=C\c1cc([N+](=O)[O-])c(O)cc1O. The summed E-state index contributed by atoms with van der Waals surface area (Å²) in [6.07, 6.45) is 2.70. The second kappa shape index (κ2) is 6.35. The molecule has 3 N–H and O–H groups in total. The van der Waals surface area contributed by atoms with E-state index in [1.807, 2.05) is 6.92 Å². The van der Waals surface area contributed by atoms with Gasteiger partial charge >= 0.3 is 5.69 Å². The summed E-state index contributed by atoms with van der Waals surface area (Å²) in [5, 5.41) is 40.6. The number of nitro groups is 1. The van der Waals surface area contributed by atoms with Gasteiger partial charge in [-0.25, -0.2) is 0 Å². The average molecular weight is 323 g/mol. The fraction of sp³-hybridized carbons (Fsp3) is 0.250. The number of nitrogens with one attached hydrogen (secondary N) is 1. The first-order valence-corrected chi connectivity index (χ1v) is 6.76. The molecule has 0 spiro atoms. The number of H-pyrrole nitrogens is 1. The third-order valence-electron chi connectivity index (χ3n) is 2.82. The van der Waals surface area contributed by atoms with Gasteiger partial charge in [0.15, 0.2) is 11.6 Å². The van der Waals surface area contributed by atoms with Gasteiger partial charge in [-0.2, -0.15) is 14.9 Å². The Hall–Kier alpha value is -2.75. The van der Waals surface area contributed by atoms with Gasteiger partial charge in [-0.1, -0.05) is 6.92 Å². The average Bonchev–Trinajstić information content (AvgIpc) is 2.79. The summed E-state index contributed by atoms with van der Waals surface area (Å²) in [6, 6.07) is 1.92. The van der Waals surface area contributed by atoms with Crippen molar-refractivity contribution in [1.82, 2.24) is 14.9 Å². The molecule has 116 valence electrons. The number of hydrogen-bond acceptors (Lipinski definition) is 7. The van der Waals surface area contributed by atoms with Crippen molar-refractivity contribution in [2.75, 3.05) is 0 Å². The van der Waals surface area contributed by atoms with E-state index < -0.39 is 16.4 Å². The molecule has 0 aliphatic rings. The van der Waals surface area contributed by atoms with Crippen LogP contribution in [0.15, 0.2) is 17.2 Å². The van der Waals surface area contributed by atoms with Crippen LogP contribution in [0.3, 0.4) is 0 Å². The number of phenols is 2. The molecule has 0 atom stereocenters. The Bertz CT molecular complexity index is 795. The molecule has 22 heavy (non-hydrogen) atoms. The predicted octanol–water partition coefficient (Wildman–Crippen LogP) is 2.09. The molecule has 0 unspecified atom stereocenters. The number of phenolic OH excluding ortho intramolecular Hbond substituents is 2. The van der Waals surface area contributed by atoms with E-state index in [-0.39, 0.29) is 16.1 Å². The normalized spacial score (nSPS) is 11.1. The van der Waals surface area contributed by atoms with Gasteiger partial charge in [-0.15, -0.1) is 0 Å². The largest absolute Gasteiger partial charge is 0.507 e. The van der Waals surface area contributed by atoms with Crippen molar-refractivity contribution in [2.24, 2.45) is 5.10 Å². The van der Waals surface area contributed by atoms with Crippen molar-refractivity contribution in [1.29, 1.82) is 0 Å². The van der Waals surface area contributed by atoms with Crippen LogP contribution in [0.5, 0.6) is 11.5 Å². The lowest BCUT2D eigenvalue weighted by molar-refractivity contribution is -0.385. The molecule has 1 heterocycles. The third-order valence-corrected chi connectivity index (χ3v) is 3.09. The maximum absolute atomic E-state index is 10.8. The second-order valence-corrected chi connectivity index (χ2v) is 4.79. The van der Waals surface area contributed by atoms with E-state index in [1.165, 1.54) is 10.9 Å². The smallest absolute Gasteiger partial charge is 0.311 e. The molecule has 0 aliphatic heterocycles. The highest BCUT2D eigenvalue weighted by Gasteiger charge is 2.16. The summed E-state index contributed by atoms with van der Waals surface area (Å²) in [5.41, 5.74) is -0.445. The molecule has 1 aromatic heterocycles. The molecule has 2 aromatic rings. The standard InChI is InChI=1S/C12H13N5O4S/c1-2-3-11-14-15-12(22)16(11)13-6-7-4-8(17(20)21)10(19)5-9(7)18/h4-6,18-19H,2-3H2,1H3,(H,15,22)/b13-6-. The van der Waals surface area contributed by atoms with E-state index in [0.29, 0.717) is 12.2 Å². The molecule has 1 aromatic carbocycles. The summed E-state index contributed by atoms with van der Waals surface area (Å²) < 4.78 is 1.64. The van der Waals surface area contributed by atoms with E-state index in [0.717, 1.165) is 18.6 Å². The molecule has 0 aliphatic carbocycles. The van der Waals surface area contributed by atoms with Gasteiger partial charge in [0.1, 0.15) is 5.75 Å². The van der Waals surface area contributed by atoms with Crippen LogP contribution in [0.25, 0.3) is 0 Å². The van der Waals surface area contributed by atoms with Crippen molar-refractivity contribution < 1.29 is 15.1 Å². The number of aryl methyl sites for hydroxylation is 1. The molecule has 9 nitrogen and oxygen atoms in total. The van der Waals surface area contributed by atoms with Crippen LogP contribution in [0.1, 0.15) is 24.7 Å². The molecule has 0 fully saturated rings. The van der Waals surface area contributed by atoms with Crippen LogP contribution in [-0.4, -0.2) is 36.2 Å². The van der Waals surface area contributed by atoms with Gasteiger partial charge in [0.05, 0.1) is 11.1 Å². The summed E-state index contributed by atoms with van der Waals surface area (Å²) in [7, 11) is 0. The fourth-order valence-corrected chi connectivity index (χ4v) is 1.98. The highest BCUT2D eigenvalue weighted by atomic mass is 32.1. The topological polar surface area (TPSA) is 130 Å². The van der Waals surface area contributed by atoms with Gasteiger partial charge in [-0.05, 0) is 18.6 Å². The minimum Gasteiger partial charge on any atom is -0.507 e. The lowest BCUT2D eigenvalue weighted by Gasteiger charge is -2.02. The van der Waals surface area contributed by atoms with Gasteiger partial charge in [0.25, 0.3) is 0 Å². The summed E-state index contributed by atoms with van der Waals surface area (Å²) in [6.45, 7) is 1.97. The lowest BCUT2D eigenvalue weighted by Crippen LogP contribution is -1.99. The zero-order chi connectivity index (χ0) is 16.3. The maximum atomic E-state index is 10.8. The molecule has 0 amide bonds. The quantitative estimate of drug-likeness (QED) is 0.334. The van der Waals surface area contributed by atoms with Crippen LogP contribution in [-0.2, 0) is 6.42 Å². The van der Waals surface area contributed by atoms with Gasteiger partial charge in [-0.3, -0.25) is 15.2 Å². The monoisotopic (exact) mass is 323 g/mol. The Labute approximate surface area is 129 Å². The lowest BCUT2D eigenvalue weighted by atomic mass is 10.2. The highest BCUT2D eigenvalue weighted by molar-refractivity contribution is 7.71. The zero-order valence-corrected chi connectivity index (χ0v) is 12.4. The number of rotatable bonds is 5. The van der Waals surface area contributed by atoms with Crippen molar-refractivity contribution in [3.8, 4) is 11.5 Å². The number of nitrogens with zero attached hydrogens (tertiary/aromatic N) is 4. The summed E-state index contributed by atoms with van der Waals surface area (Å²) in [5.74, 6) is -0.346. The van der Waals surface area contributed by atoms with E-state index in [9.17, 15) is 20.3 Å². The van der Waals surface area contributed by atoms with Crippen LogP contribution in [0.2, 0.25) is 0 Å². The summed E-state index contributed by atoms with van der Waals surface area (Å²) >= 11 is 5.04. The summed E-state index contributed by atoms with van der Waals surface area (Å²) in [4.78, 5) is 10.0. The van der Waals surface area contributed by atoms with Crippen molar-refractivity contribution in [3.05, 3.63) is 38.4 Å². The zero-order valence-electron chi connectivity index (χ0n) is 11.6. The van der Waals surface area contributed by atoms with E-state index in [4.69, 9.17) is 12.2 Å². The van der Waals surface area contributed by atoms with Gasteiger partial charge in [0.2, 0.25) is 4.77 Å². The number of benzene rings is 1. The van der Waals surface area contributed by atoms with Crippen molar-refractivity contribution in [3.63, 3.8) is 0 Å². The van der Waals surface area contributed by atoms with Crippen LogP contribution < -0.4 is 0 Å². The van der Waals surface area contributed by atoms with E-state index >= 15 is 0 Å². The number of nitro benzene ring substituents is 1. The molecule has 2 rings (SSSR count). The Morgan fingerprint density at radius 3 is 2.86 bits per heavy atom. The van der Waals surface area contributed by atoms with Crippen molar-refractivity contribution in [2.45, 2.75) is 19.8 Å². The minimum atomic E-state index is -0.752. The molecule has 0 saturated carbocycles. The molecule has 0 bridgehead atoms. The van der Waals surface area contributed by atoms with Crippen LogP contribution in [0.4, 0.5) is 5.69 Å². The fourth-order valence-electron chi connectivity index (χ4n) is 1.78. The van der Waals surface area contributed by atoms with Gasteiger partial charge in [0, 0.05) is 24.1 Å². The second-order valence-electron chi connectivity index (χ2n) is 4.41. The maximum Gasteiger partial charge on any atom is 0.311 e. The first-order valence-electron chi connectivity index (χ1n) is 6.35. The third kappa shape index (κ3) is 3.11. The molecular formula is C12H13N5O4S. The van der Waals surface area contributed by atoms with Crippen LogP contribution >= 0.6 is 12.2 Å². The molecule has 0 radical (unpaired) electrons. The predicted molar refractivity (Wildman–Crippen MR) is 80.8 cm³/mol. The van der Waals surface area contributed by atoms with Crippen LogP contribution in [0, 0.1) is 14.9 Å². The van der Waals surface area contributed by atoms with E-state index in [1.54, 1.807) is 0 Å². The number of hydrogen-bond donors (Lipinski definition) is 3. The molecular weight excluding hydrogens is 310 g/mol. The van der Waals surface area contributed by atoms with E-state index in [2.05, 4.69) is 15.3 Å². The first-order chi connectivity index (χ1) is 10.4. The minimum absolute atomic E-state index is 0.0787. The van der Waals surface area contributed by atoms with Gasteiger partial charge < -0.3 is 10.2 Å². The first kappa shape index (κ1) is 15.6. The molecule has 10 heteroatoms. The Balaban J connectivity index is 2.43. The Morgan fingerprint density at radius 1 is 1.50 bits per heavy atom. The number of aromatic nitrogens is 3. The Kier molecular flexibility index (Phi) is 4.51. The van der Waals surface area contributed by atoms with Crippen molar-refractivity contribution >= 4 is 24.1 Å². The Morgan fingerprint density at radius 2 is 2.23 bits per heavy atom. The molecule has 0 saturated heterocycles. The number of aromatic amines is 1. The highest BCUT2D eigenvalue weighted by Crippen LogP contribution is 2.32.